The molecular formula is C23H16F2N2O3. The number of halogens is 2. The van der Waals surface area contributed by atoms with Crippen LogP contribution in [-0.2, 0) is 16.6 Å². The van der Waals surface area contributed by atoms with Crippen LogP contribution in [0, 0.1) is 11.6 Å². The Morgan fingerprint density at radius 1 is 1.10 bits per heavy atom. The van der Waals surface area contributed by atoms with Crippen LogP contribution in [0.1, 0.15) is 32.9 Å². The second kappa shape index (κ2) is 7.51. The molecule has 0 spiro atoms. The third-order valence-corrected chi connectivity index (χ3v) is 5.22. The van der Waals surface area contributed by atoms with Gasteiger partial charge in [0.15, 0.2) is 5.69 Å². The predicted octanol–water partition coefficient (Wildman–Crippen LogP) is 4.08. The smallest absolute Gasteiger partial charge is 0.357 e. The van der Waals surface area contributed by atoms with E-state index < -0.39 is 23.0 Å². The minimum atomic E-state index is -1.21. The monoisotopic (exact) mass is 406 g/mol. The molecule has 0 radical (unpaired) electrons. The lowest BCUT2D eigenvalue weighted by Crippen LogP contribution is -2.31. The molecule has 1 aromatic heterocycles. The first-order valence-electron chi connectivity index (χ1n) is 9.12. The fourth-order valence-electron chi connectivity index (χ4n) is 3.88. The van der Waals surface area contributed by atoms with Crippen molar-refractivity contribution in [1.29, 1.82) is 0 Å². The number of aromatic carboxylic acids is 1. The van der Waals surface area contributed by atoms with Gasteiger partial charge in [0.1, 0.15) is 17.9 Å². The lowest BCUT2D eigenvalue weighted by atomic mass is 9.68. The molecule has 0 amide bonds. The van der Waals surface area contributed by atoms with E-state index in [0.717, 1.165) is 0 Å². The first-order chi connectivity index (χ1) is 14.4. The number of rotatable bonds is 5. The number of nitrogens with zero attached hydrogens (tertiary/aromatic N) is 2. The molecular weight excluding hydrogens is 390 g/mol. The van der Waals surface area contributed by atoms with Crippen LogP contribution in [0.4, 0.5) is 8.78 Å². The van der Waals surface area contributed by atoms with Gasteiger partial charge in [-0.1, -0.05) is 36.4 Å². The Morgan fingerprint density at radius 2 is 1.73 bits per heavy atom. The third-order valence-electron chi connectivity index (χ3n) is 5.22. The van der Waals surface area contributed by atoms with E-state index in [0.29, 0.717) is 28.7 Å². The van der Waals surface area contributed by atoms with Gasteiger partial charge in [-0.15, -0.1) is 0 Å². The number of carboxylic acids is 1. The largest absolute Gasteiger partial charge is 0.476 e. The van der Waals surface area contributed by atoms with E-state index in [-0.39, 0.29) is 12.1 Å². The minimum absolute atomic E-state index is 0.163. The lowest BCUT2D eigenvalue weighted by Gasteiger charge is -2.35. The second-order valence-corrected chi connectivity index (χ2v) is 6.94. The van der Waals surface area contributed by atoms with Gasteiger partial charge in [0.2, 0.25) is 0 Å². The first kappa shape index (κ1) is 19.4. The Kier molecular flexibility index (Phi) is 4.87. The summed E-state index contributed by atoms with van der Waals surface area (Å²) in [5, 5.41) is 13.6. The molecule has 30 heavy (non-hydrogen) atoms. The molecule has 150 valence electrons. The third kappa shape index (κ3) is 3.24. The molecule has 0 atom stereocenters. The highest BCUT2D eigenvalue weighted by Crippen LogP contribution is 2.42. The van der Waals surface area contributed by atoms with E-state index in [9.17, 15) is 23.5 Å². The molecule has 0 unspecified atom stereocenters. The van der Waals surface area contributed by atoms with Crippen molar-refractivity contribution in [3.63, 3.8) is 0 Å². The summed E-state index contributed by atoms with van der Waals surface area (Å²) in [7, 11) is 0. The molecule has 0 fully saturated rings. The molecule has 4 rings (SSSR count). The summed E-state index contributed by atoms with van der Waals surface area (Å²) >= 11 is 0. The Morgan fingerprint density at radius 3 is 2.27 bits per heavy atom. The van der Waals surface area contributed by atoms with Crippen molar-refractivity contribution in [1.82, 2.24) is 9.78 Å². The standard InChI is InChI=1S/C23H16F2N2O3/c24-17-6-1-4-15(12-17)23(16-5-2-7-18(25)13-16)9-8-19-20(14-23)27(10-3-11-28)26-21(19)22(29)30/h1-13H,14H2,(H,29,30). The molecule has 0 aliphatic heterocycles. The molecule has 1 aliphatic rings. The zero-order valence-corrected chi connectivity index (χ0v) is 15.6. The van der Waals surface area contributed by atoms with Gasteiger partial charge in [-0.3, -0.25) is 4.79 Å². The molecule has 1 N–H and O–H groups in total. The van der Waals surface area contributed by atoms with Gasteiger partial charge in [-0.2, -0.15) is 5.10 Å². The summed E-state index contributed by atoms with van der Waals surface area (Å²) in [6.45, 7) is 0. The minimum Gasteiger partial charge on any atom is -0.476 e. The Hall–Kier alpha value is -3.87. The molecule has 1 heterocycles. The maximum Gasteiger partial charge on any atom is 0.357 e. The zero-order valence-electron chi connectivity index (χ0n) is 15.6. The predicted molar refractivity (Wildman–Crippen MR) is 107 cm³/mol. The number of hydrogen-bond donors (Lipinski definition) is 1. The van der Waals surface area contributed by atoms with E-state index in [1.165, 1.54) is 41.2 Å². The summed E-state index contributed by atoms with van der Waals surface area (Å²) in [4.78, 5) is 22.4. The van der Waals surface area contributed by atoms with E-state index in [2.05, 4.69) is 5.10 Å². The van der Waals surface area contributed by atoms with Crippen molar-refractivity contribution in [2.75, 3.05) is 0 Å². The maximum atomic E-state index is 14.1. The number of carbonyl (C=O) groups excluding carboxylic acids is 1. The molecule has 2 aromatic carbocycles. The molecule has 0 saturated heterocycles. The van der Waals surface area contributed by atoms with Gasteiger partial charge >= 0.3 is 5.97 Å². The Balaban J connectivity index is 1.98. The number of hydrogen-bond acceptors (Lipinski definition) is 3. The fourth-order valence-corrected chi connectivity index (χ4v) is 3.88. The number of aromatic nitrogens is 2. The average molecular weight is 406 g/mol. The van der Waals surface area contributed by atoms with Crippen molar-refractivity contribution in [3.05, 3.63) is 100 Å². The number of fused-ring (bicyclic) bond motifs is 1. The van der Waals surface area contributed by atoms with Gasteiger partial charge in [0, 0.05) is 23.6 Å². The normalized spacial score (nSPS) is 14.6. The Bertz CT molecular complexity index is 1170. The van der Waals surface area contributed by atoms with Crippen molar-refractivity contribution >= 4 is 24.5 Å². The summed E-state index contributed by atoms with van der Waals surface area (Å²) in [6, 6.07) is 12.0. The molecule has 3 aromatic rings. The van der Waals surface area contributed by atoms with Crippen LogP contribution >= 0.6 is 0 Å². The van der Waals surface area contributed by atoms with E-state index in [4.69, 9.17) is 0 Å². The van der Waals surface area contributed by atoms with Gasteiger partial charge in [0.05, 0.1) is 5.69 Å². The van der Waals surface area contributed by atoms with Crippen LogP contribution in [-0.4, -0.2) is 27.1 Å². The lowest BCUT2D eigenvalue weighted by molar-refractivity contribution is -0.104. The summed E-state index contributed by atoms with van der Waals surface area (Å²) in [5.74, 6) is -2.09. The first-order valence-corrected chi connectivity index (χ1v) is 9.12. The highest BCUT2D eigenvalue weighted by molar-refractivity contribution is 5.91. The molecule has 1 aliphatic carbocycles. The van der Waals surface area contributed by atoms with Crippen molar-refractivity contribution in [2.24, 2.45) is 0 Å². The second-order valence-electron chi connectivity index (χ2n) is 6.94. The number of benzene rings is 2. The van der Waals surface area contributed by atoms with Crippen molar-refractivity contribution in [3.8, 4) is 0 Å². The van der Waals surface area contributed by atoms with Crippen LogP contribution in [0.3, 0.4) is 0 Å². The summed E-state index contributed by atoms with van der Waals surface area (Å²) < 4.78 is 29.5. The van der Waals surface area contributed by atoms with E-state index >= 15 is 0 Å². The molecule has 0 bridgehead atoms. The number of allylic oxidation sites excluding steroid dienone is 2. The van der Waals surface area contributed by atoms with Gasteiger partial charge in [0.25, 0.3) is 0 Å². The molecule has 7 heteroatoms. The SMILES string of the molecule is O=CC=Cn1nc(C(=O)O)c2c1CC(c1cccc(F)c1)(c1cccc(F)c1)C=C2. The van der Waals surface area contributed by atoms with Gasteiger partial charge < -0.3 is 5.11 Å². The fraction of sp³-hybridized carbons (Fsp3) is 0.0870. The van der Waals surface area contributed by atoms with Gasteiger partial charge in [-0.05, 0) is 41.5 Å². The van der Waals surface area contributed by atoms with Crippen LogP contribution in [0.2, 0.25) is 0 Å². The van der Waals surface area contributed by atoms with Crippen molar-refractivity contribution in [2.45, 2.75) is 11.8 Å². The molecule has 5 nitrogen and oxygen atoms in total. The van der Waals surface area contributed by atoms with Crippen molar-refractivity contribution < 1.29 is 23.5 Å². The maximum absolute atomic E-state index is 14.1. The zero-order chi connectivity index (χ0) is 21.3. The van der Waals surface area contributed by atoms with Crippen LogP contribution in [0.15, 0.2) is 60.7 Å². The van der Waals surface area contributed by atoms with E-state index in [1.807, 2.05) is 0 Å². The quantitative estimate of drug-likeness (QED) is 0.512. The average Bonchev–Trinajstić information content (AvgIpc) is 3.10. The number of aldehydes is 1. The highest BCUT2D eigenvalue weighted by Gasteiger charge is 2.38. The van der Waals surface area contributed by atoms with E-state index in [1.54, 1.807) is 36.4 Å². The summed E-state index contributed by atoms with van der Waals surface area (Å²) in [5.41, 5.74) is 0.949. The van der Waals surface area contributed by atoms with Gasteiger partial charge in [-0.25, -0.2) is 18.3 Å². The number of carbonyl (C=O) groups is 2. The topological polar surface area (TPSA) is 72.2 Å². The molecule has 0 saturated carbocycles. The number of carboxylic acid groups (broad SMARTS) is 1. The Labute approximate surface area is 170 Å². The van der Waals surface area contributed by atoms with Crippen LogP contribution < -0.4 is 0 Å². The van der Waals surface area contributed by atoms with Crippen LogP contribution in [0.25, 0.3) is 12.3 Å². The summed E-state index contributed by atoms with van der Waals surface area (Å²) in [6.07, 6.45) is 6.66. The van der Waals surface area contributed by atoms with Crippen LogP contribution in [0.5, 0.6) is 0 Å². The highest BCUT2D eigenvalue weighted by atomic mass is 19.1.